The Morgan fingerprint density at radius 2 is 1.26 bits per heavy atom. The van der Waals surface area contributed by atoms with Gasteiger partial charge in [-0.2, -0.15) is 0 Å². The number of benzene rings is 2. The molecule has 2 aliphatic heterocycles. The molecule has 2 aromatic rings. The fourth-order valence-corrected chi connectivity index (χ4v) is 10.2. The molecule has 2 aromatic carbocycles. The summed E-state index contributed by atoms with van der Waals surface area (Å²) >= 11 is 0.442. The predicted octanol–water partition coefficient (Wildman–Crippen LogP) is 1.53. The molecule has 14 heteroatoms. The maximum atomic E-state index is 14.9. The van der Waals surface area contributed by atoms with Gasteiger partial charge in [-0.15, -0.1) is 11.8 Å². The van der Waals surface area contributed by atoms with Crippen LogP contribution < -0.4 is 0 Å². The van der Waals surface area contributed by atoms with Crippen molar-refractivity contribution in [2.75, 3.05) is 13.7 Å². The van der Waals surface area contributed by atoms with Gasteiger partial charge in [0.05, 0.1) is 49.1 Å². The summed E-state index contributed by atoms with van der Waals surface area (Å²) in [5.41, 5.74) is -7.04. The van der Waals surface area contributed by atoms with Gasteiger partial charge in [0.1, 0.15) is 21.0 Å². The van der Waals surface area contributed by atoms with E-state index in [1.807, 2.05) is 0 Å². The Hall–Kier alpha value is -3.66. The second-order valence-electron chi connectivity index (χ2n) is 12.5. The number of aromatic hydroxyl groups is 2. The lowest BCUT2D eigenvalue weighted by atomic mass is 9.63. The molecule has 8 atom stereocenters. The Balaban J connectivity index is 1.67. The van der Waals surface area contributed by atoms with Gasteiger partial charge in [0.15, 0.2) is 22.8 Å². The van der Waals surface area contributed by atoms with Gasteiger partial charge in [-0.3, -0.25) is 24.0 Å². The molecule has 0 radical (unpaired) electrons. The third kappa shape index (κ3) is 4.25. The average Bonchev–Trinajstić information content (AvgIpc) is 3.02. The molecule has 0 aromatic heterocycles. The van der Waals surface area contributed by atoms with Gasteiger partial charge in [-0.25, -0.2) is 0 Å². The molecule has 250 valence electrons. The van der Waals surface area contributed by atoms with Crippen molar-refractivity contribution >= 4 is 40.9 Å². The van der Waals surface area contributed by atoms with Gasteiger partial charge in [0.2, 0.25) is 11.6 Å². The fraction of sp³-hybridized carbons (Fsp3) is 0.485. The lowest BCUT2D eigenvalue weighted by molar-refractivity contribution is -0.171. The monoisotopic (exact) mass is 670 g/mol. The van der Waals surface area contributed by atoms with Crippen LogP contribution >= 0.6 is 11.8 Å². The van der Waals surface area contributed by atoms with Crippen LogP contribution in [0, 0.1) is 0 Å². The standard InChI is InChI=1S/C33H34O13S/c1-15-32(42)28(40)24-19(6-4-8-21(24)35)26(38)30(32,13-17(45-15)10-11-34)47-31-14-18(12-23(37)44-3)46-16(2)33(31,43)29(41)25-20(27(31)39)7-5-9-22(25)36/h4-9,15-18,34-36,42-43H,10-14H2,1-3H3/t15-,16-,17-,18-,30?,31?,32+,33+/m0/s1. The van der Waals surface area contributed by atoms with E-state index in [0.717, 1.165) is 7.11 Å². The molecule has 0 spiro atoms. The summed E-state index contributed by atoms with van der Waals surface area (Å²) in [5, 5.41) is 56.5. The molecule has 2 aliphatic carbocycles. The van der Waals surface area contributed by atoms with Gasteiger partial charge in [0.25, 0.3) is 0 Å². The van der Waals surface area contributed by atoms with E-state index in [1.54, 1.807) is 0 Å². The van der Waals surface area contributed by atoms with Crippen LogP contribution in [0.1, 0.15) is 81.0 Å². The van der Waals surface area contributed by atoms with Crippen molar-refractivity contribution in [2.24, 2.45) is 0 Å². The summed E-state index contributed by atoms with van der Waals surface area (Å²) in [6.45, 7) is 2.25. The van der Waals surface area contributed by atoms with Crippen LogP contribution in [0.5, 0.6) is 11.5 Å². The largest absolute Gasteiger partial charge is 0.507 e. The minimum absolute atomic E-state index is 0.0393. The van der Waals surface area contributed by atoms with E-state index < -0.39 is 123 Å². The number of Topliss-reactive ketones (excluding diaryl/α,β-unsaturated/α-hetero) is 4. The number of carbonyl (C=O) groups is 5. The number of ether oxygens (including phenoxy) is 3. The van der Waals surface area contributed by atoms with Crippen LogP contribution in [0.4, 0.5) is 0 Å². The number of carbonyl (C=O) groups excluding carboxylic acids is 5. The maximum Gasteiger partial charge on any atom is 0.308 e. The fourth-order valence-electron chi connectivity index (χ4n) is 7.83. The van der Waals surface area contributed by atoms with E-state index in [4.69, 9.17) is 14.2 Å². The van der Waals surface area contributed by atoms with E-state index in [-0.39, 0.29) is 17.5 Å². The van der Waals surface area contributed by atoms with Gasteiger partial charge >= 0.3 is 5.97 Å². The van der Waals surface area contributed by atoms with E-state index in [2.05, 4.69) is 0 Å². The zero-order chi connectivity index (χ0) is 34.3. The number of hydrogen-bond acceptors (Lipinski definition) is 14. The van der Waals surface area contributed by atoms with Gasteiger partial charge in [-0.05, 0) is 45.2 Å². The number of fused-ring (bicyclic) bond motifs is 4. The number of methoxy groups -OCH3 is 1. The van der Waals surface area contributed by atoms with Crippen LogP contribution in [-0.2, 0) is 19.0 Å². The van der Waals surface area contributed by atoms with E-state index in [9.17, 15) is 49.5 Å². The second-order valence-corrected chi connectivity index (χ2v) is 14.1. The molecule has 0 saturated carbocycles. The van der Waals surface area contributed by atoms with Crippen molar-refractivity contribution < 1.29 is 63.7 Å². The lowest BCUT2D eigenvalue weighted by Crippen LogP contribution is -2.79. The first kappa shape index (κ1) is 33.2. The highest BCUT2D eigenvalue weighted by Crippen LogP contribution is 2.64. The molecule has 2 fully saturated rings. The average molecular weight is 671 g/mol. The number of thioether (sulfide) groups is 1. The van der Waals surface area contributed by atoms with Gasteiger partial charge in [0, 0.05) is 17.7 Å². The first-order chi connectivity index (χ1) is 22.1. The van der Waals surface area contributed by atoms with Gasteiger partial charge < -0.3 is 39.7 Å². The molecular weight excluding hydrogens is 636 g/mol. The third-order valence-electron chi connectivity index (χ3n) is 10.1. The quantitative estimate of drug-likeness (QED) is 0.276. The number of aliphatic hydroxyl groups excluding tert-OH is 1. The highest BCUT2D eigenvalue weighted by molar-refractivity contribution is 8.03. The minimum Gasteiger partial charge on any atom is -0.507 e. The molecule has 2 saturated heterocycles. The van der Waals surface area contributed by atoms with Crippen molar-refractivity contribution in [3.05, 3.63) is 58.7 Å². The predicted molar refractivity (Wildman–Crippen MR) is 163 cm³/mol. The molecule has 2 unspecified atom stereocenters. The Morgan fingerprint density at radius 3 is 1.70 bits per heavy atom. The van der Waals surface area contributed by atoms with Crippen molar-refractivity contribution in [3.63, 3.8) is 0 Å². The highest BCUT2D eigenvalue weighted by atomic mass is 32.2. The zero-order valence-electron chi connectivity index (χ0n) is 25.7. The molecule has 47 heavy (non-hydrogen) atoms. The van der Waals surface area contributed by atoms with Crippen LogP contribution in [0.15, 0.2) is 36.4 Å². The highest BCUT2D eigenvalue weighted by Gasteiger charge is 2.78. The number of ketones is 4. The second kappa shape index (κ2) is 11.2. The topological polar surface area (TPSA) is 214 Å². The third-order valence-corrected chi connectivity index (χ3v) is 12.1. The number of phenols is 2. The molecule has 4 aliphatic rings. The molecule has 0 bridgehead atoms. The number of rotatable bonds is 6. The summed E-state index contributed by atoms with van der Waals surface area (Å²) in [6, 6.07) is 7.58. The Kier molecular flexibility index (Phi) is 7.93. The number of aliphatic hydroxyl groups is 3. The molecule has 13 nitrogen and oxygen atoms in total. The minimum atomic E-state index is -2.81. The van der Waals surface area contributed by atoms with E-state index >= 15 is 0 Å². The summed E-state index contributed by atoms with van der Waals surface area (Å²) in [5.74, 6) is -5.84. The first-order valence-electron chi connectivity index (χ1n) is 15.1. The van der Waals surface area contributed by atoms with Crippen LogP contribution in [0.2, 0.25) is 0 Å². The molecule has 2 heterocycles. The van der Waals surface area contributed by atoms with Crippen molar-refractivity contribution in [2.45, 2.75) is 84.6 Å². The van der Waals surface area contributed by atoms with Crippen molar-refractivity contribution in [1.29, 1.82) is 0 Å². The summed E-state index contributed by atoms with van der Waals surface area (Å²) in [6.07, 6.45) is -6.55. The number of hydrogen-bond donors (Lipinski definition) is 5. The molecular formula is C33H34O13S. The van der Waals surface area contributed by atoms with E-state index in [0.29, 0.717) is 11.8 Å². The lowest BCUT2D eigenvalue weighted by Gasteiger charge is -2.61. The first-order valence-corrected chi connectivity index (χ1v) is 15.9. The SMILES string of the molecule is COC(=O)C[C@H]1CC2(SC34C[C@H](CCO)O[C@@H](C)[C@@]3(O)C(=O)c3c(O)cccc3C4=O)C(=O)c3cccc(O)c3C(=O)[C@]2(O)[C@H](C)O1. The summed E-state index contributed by atoms with van der Waals surface area (Å²) in [7, 11) is 1.15. The smallest absolute Gasteiger partial charge is 0.308 e. The zero-order valence-corrected chi connectivity index (χ0v) is 26.5. The molecule has 5 N–H and O–H groups in total. The summed E-state index contributed by atoms with van der Waals surface area (Å²) in [4.78, 5) is 71.1. The van der Waals surface area contributed by atoms with E-state index in [1.165, 1.54) is 50.2 Å². The molecule has 6 rings (SSSR count). The van der Waals surface area contributed by atoms with Crippen LogP contribution in [0.3, 0.4) is 0 Å². The summed E-state index contributed by atoms with van der Waals surface area (Å²) < 4.78 is 12.0. The van der Waals surface area contributed by atoms with Crippen LogP contribution in [0.25, 0.3) is 0 Å². The normalized spacial score (nSPS) is 36.2. The van der Waals surface area contributed by atoms with Gasteiger partial charge in [-0.1, -0.05) is 24.3 Å². The Morgan fingerprint density at radius 1 is 0.809 bits per heavy atom. The Labute approximate surface area is 272 Å². The van der Waals surface area contributed by atoms with Crippen LogP contribution in [-0.4, -0.2) is 113 Å². The van der Waals surface area contributed by atoms with Crippen molar-refractivity contribution in [3.8, 4) is 11.5 Å². The number of esters is 1. The van der Waals surface area contributed by atoms with Crippen molar-refractivity contribution in [1.82, 2.24) is 0 Å². The molecule has 0 amide bonds. The number of phenolic OH excluding ortho intramolecular Hbond substituents is 2. The Bertz CT molecular complexity index is 1720. The maximum absolute atomic E-state index is 14.9.